The largest absolute Gasteiger partial charge is 0.356 e. The number of H-pyrrole nitrogens is 1. The lowest BCUT2D eigenvalue weighted by atomic mass is 9.89. The van der Waals surface area contributed by atoms with Crippen LogP contribution in [0.5, 0.6) is 0 Å². The minimum Gasteiger partial charge on any atom is -0.356 e. The van der Waals surface area contributed by atoms with E-state index in [1.54, 1.807) is 6.07 Å². The van der Waals surface area contributed by atoms with Gasteiger partial charge in [-0.3, -0.25) is 5.10 Å². The highest BCUT2D eigenvalue weighted by molar-refractivity contribution is 5.90. The Morgan fingerprint density at radius 2 is 2.00 bits per heavy atom. The van der Waals surface area contributed by atoms with Gasteiger partial charge in [0.15, 0.2) is 17.0 Å². The Labute approximate surface area is 147 Å². The van der Waals surface area contributed by atoms with Gasteiger partial charge in [0.25, 0.3) is 0 Å². The van der Waals surface area contributed by atoms with E-state index < -0.39 is 11.6 Å². The zero-order chi connectivity index (χ0) is 18.5. The number of fused-ring (bicyclic) bond motifs is 2. The van der Waals surface area contributed by atoms with Crippen LogP contribution in [0.3, 0.4) is 0 Å². The molecule has 0 unspecified atom stereocenters. The number of pyridine rings is 1. The third-order valence-electron chi connectivity index (χ3n) is 3.94. The Morgan fingerprint density at radius 1 is 1.19 bits per heavy atom. The van der Waals surface area contributed by atoms with Gasteiger partial charge in [-0.2, -0.15) is 5.10 Å². The zero-order valence-corrected chi connectivity index (χ0v) is 14.5. The van der Waals surface area contributed by atoms with Crippen molar-refractivity contribution in [2.45, 2.75) is 27.2 Å². The highest BCUT2D eigenvalue weighted by Crippen LogP contribution is 2.32. The smallest absolute Gasteiger partial charge is 0.172 e. The van der Waals surface area contributed by atoms with E-state index in [1.165, 1.54) is 12.1 Å². The van der Waals surface area contributed by atoms with E-state index in [1.807, 2.05) is 0 Å². The summed E-state index contributed by atoms with van der Waals surface area (Å²) in [6.45, 7) is 6.16. The van der Waals surface area contributed by atoms with E-state index in [0.717, 1.165) is 6.20 Å². The van der Waals surface area contributed by atoms with Crippen LogP contribution < -0.4 is 5.32 Å². The molecule has 2 N–H and O–H groups in total. The van der Waals surface area contributed by atoms with Gasteiger partial charge in [0.2, 0.25) is 0 Å². The third-order valence-corrected chi connectivity index (χ3v) is 3.94. The molecule has 0 saturated heterocycles. The molecule has 8 heteroatoms. The SMILES string of the molecule is CC(C)(C)Cc1noc2cc(Nc3n[nH]c4ncc(F)cc34)cc(F)c12. The van der Waals surface area contributed by atoms with Crippen molar-refractivity contribution in [2.24, 2.45) is 5.41 Å². The Kier molecular flexibility index (Phi) is 3.64. The maximum absolute atomic E-state index is 14.7. The summed E-state index contributed by atoms with van der Waals surface area (Å²) in [6, 6.07) is 4.29. The molecular formula is C18H17F2N5O. The van der Waals surface area contributed by atoms with Crippen molar-refractivity contribution in [3.05, 3.63) is 41.7 Å². The molecule has 0 spiro atoms. The Hall–Kier alpha value is -3.03. The van der Waals surface area contributed by atoms with Crippen molar-refractivity contribution in [3.8, 4) is 0 Å². The number of nitrogens with one attached hydrogen (secondary N) is 2. The fourth-order valence-electron chi connectivity index (χ4n) is 2.89. The van der Waals surface area contributed by atoms with Crippen LogP contribution in [0, 0.1) is 17.0 Å². The maximum Gasteiger partial charge on any atom is 0.172 e. The lowest BCUT2D eigenvalue weighted by Gasteiger charge is -2.15. The van der Waals surface area contributed by atoms with Crippen LogP contribution >= 0.6 is 0 Å². The number of halogens is 2. The molecule has 134 valence electrons. The molecule has 0 bridgehead atoms. The van der Waals surface area contributed by atoms with Crippen molar-refractivity contribution in [1.82, 2.24) is 20.3 Å². The van der Waals surface area contributed by atoms with Gasteiger partial charge < -0.3 is 9.84 Å². The molecule has 0 aliphatic rings. The van der Waals surface area contributed by atoms with Crippen molar-refractivity contribution in [3.63, 3.8) is 0 Å². The summed E-state index contributed by atoms with van der Waals surface area (Å²) in [5.74, 6) is -0.569. The van der Waals surface area contributed by atoms with E-state index in [-0.39, 0.29) is 5.41 Å². The van der Waals surface area contributed by atoms with Gasteiger partial charge in [-0.05, 0) is 24.0 Å². The highest BCUT2D eigenvalue weighted by Gasteiger charge is 2.20. The van der Waals surface area contributed by atoms with Gasteiger partial charge >= 0.3 is 0 Å². The first-order valence-electron chi connectivity index (χ1n) is 8.15. The van der Waals surface area contributed by atoms with Crippen molar-refractivity contribution >= 4 is 33.5 Å². The summed E-state index contributed by atoms with van der Waals surface area (Å²) >= 11 is 0. The van der Waals surface area contributed by atoms with E-state index in [2.05, 4.69) is 46.4 Å². The lowest BCUT2D eigenvalue weighted by Crippen LogP contribution is -2.09. The molecule has 6 nitrogen and oxygen atoms in total. The summed E-state index contributed by atoms with van der Waals surface area (Å²) in [5.41, 5.74) is 1.75. The maximum atomic E-state index is 14.7. The van der Waals surface area contributed by atoms with Gasteiger partial charge in [0.1, 0.15) is 11.6 Å². The molecule has 0 saturated carbocycles. The van der Waals surface area contributed by atoms with Crippen LogP contribution in [-0.4, -0.2) is 20.3 Å². The van der Waals surface area contributed by atoms with Crippen molar-refractivity contribution in [1.29, 1.82) is 0 Å². The molecule has 4 rings (SSSR count). The lowest BCUT2D eigenvalue weighted by molar-refractivity contribution is 0.382. The summed E-state index contributed by atoms with van der Waals surface area (Å²) in [4.78, 5) is 3.91. The van der Waals surface area contributed by atoms with E-state index in [4.69, 9.17) is 4.52 Å². The number of nitrogens with zero attached hydrogens (tertiary/aromatic N) is 3. The third kappa shape index (κ3) is 2.98. The van der Waals surface area contributed by atoms with Crippen molar-refractivity contribution < 1.29 is 13.3 Å². The van der Waals surface area contributed by atoms with Crippen LogP contribution in [0.1, 0.15) is 26.5 Å². The average Bonchev–Trinajstić information content (AvgIpc) is 3.11. The predicted molar refractivity (Wildman–Crippen MR) is 94.3 cm³/mol. The minimum atomic E-state index is -0.481. The number of hydrogen-bond acceptors (Lipinski definition) is 5. The number of anilines is 2. The van der Waals surface area contributed by atoms with Gasteiger partial charge in [-0.1, -0.05) is 25.9 Å². The van der Waals surface area contributed by atoms with E-state index >= 15 is 0 Å². The van der Waals surface area contributed by atoms with E-state index in [9.17, 15) is 8.78 Å². The second-order valence-electron chi connectivity index (χ2n) is 7.44. The number of benzene rings is 1. The highest BCUT2D eigenvalue weighted by atomic mass is 19.1. The monoisotopic (exact) mass is 357 g/mol. The second-order valence-corrected chi connectivity index (χ2v) is 7.44. The molecule has 3 aromatic heterocycles. The average molecular weight is 357 g/mol. The molecule has 0 aliphatic heterocycles. The first kappa shape index (κ1) is 16.4. The molecule has 0 radical (unpaired) electrons. The van der Waals surface area contributed by atoms with Gasteiger partial charge in [0, 0.05) is 11.8 Å². The van der Waals surface area contributed by atoms with Crippen molar-refractivity contribution in [2.75, 3.05) is 5.32 Å². The summed E-state index contributed by atoms with van der Waals surface area (Å²) in [5, 5.41) is 14.6. The Morgan fingerprint density at radius 3 is 2.77 bits per heavy atom. The first-order valence-corrected chi connectivity index (χ1v) is 8.15. The number of rotatable bonds is 3. The number of aromatic nitrogens is 4. The summed E-state index contributed by atoms with van der Waals surface area (Å²) < 4.78 is 33.4. The normalized spacial score (nSPS) is 12.2. The molecule has 3 heterocycles. The Bertz CT molecular complexity index is 1110. The molecule has 1 aromatic carbocycles. The minimum absolute atomic E-state index is 0.0435. The van der Waals surface area contributed by atoms with Crippen LogP contribution in [0.2, 0.25) is 0 Å². The second kappa shape index (κ2) is 5.76. The molecule has 0 atom stereocenters. The van der Waals surface area contributed by atoms with Crippen LogP contribution in [0.25, 0.3) is 22.0 Å². The molecule has 0 fully saturated rings. The van der Waals surface area contributed by atoms with Gasteiger partial charge in [-0.25, -0.2) is 13.8 Å². The Balaban J connectivity index is 1.72. The zero-order valence-electron chi connectivity index (χ0n) is 14.5. The summed E-state index contributed by atoms with van der Waals surface area (Å²) in [7, 11) is 0. The standard InChI is InChI=1S/C18H17F2N5O/c1-18(2,3)7-13-15-12(20)5-10(6-14(15)26-25-13)22-17-11-4-9(19)8-21-16(11)23-24-17/h4-6,8H,7H2,1-3H3,(H2,21,22,23,24). The molecule has 4 aromatic rings. The number of aromatic amines is 1. The predicted octanol–water partition coefficient (Wildman–Crippen LogP) is 4.71. The molecule has 0 amide bonds. The first-order chi connectivity index (χ1) is 12.3. The topological polar surface area (TPSA) is 79.6 Å². The quantitative estimate of drug-likeness (QED) is 0.555. The molecular weight excluding hydrogens is 340 g/mol. The van der Waals surface area contributed by atoms with Crippen LogP contribution in [-0.2, 0) is 6.42 Å². The van der Waals surface area contributed by atoms with Crippen LogP contribution in [0.4, 0.5) is 20.3 Å². The van der Waals surface area contributed by atoms with Gasteiger partial charge in [-0.15, -0.1) is 0 Å². The van der Waals surface area contributed by atoms with Crippen LogP contribution in [0.15, 0.2) is 28.9 Å². The van der Waals surface area contributed by atoms with Gasteiger partial charge in [0.05, 0.1) is 22.7 Å². The number of hydrogen-bond donors (Lipinski definition) is 2. The summed E-state index contributed by atoms with van der Waals surface area (Å²) in [6.07, 6.45) is 1.69. The molecule has 26 heavy (non-hydrogen) atoms. The molecule has 0 aliphatic carbocycles. The fourth-order valence-corrected chi connectivity index (χ4v) is 2.89. The van der Waals surface area contributed by atoms with E-state index in [0.29, 0.717) is 45.6 Å². The fraction of sp³-hybridized carbons (Fsp3) is 0.278.